The van der Waals surface area contributed by atoms with E-state index in [9.17, 15) is 4.79 Å². The van der Waals surface area contributed by atoms with Crippen LogP contribution >= 0.6 is 8.35 Å². The summed E-state index contributed by atoms with van der Waals surface area (Å²) < 4.78 is 2.23. The van der Waals surface area contributed by atoms with Crippen molar-refractivity contribution in [3.63, 3.8) is 0 Å². The maximum atomic E-state index is 12.9. The zero-order valence-corrected chi connectivity index (χ0v) is 18.3. The first-order valence-electron chi connectivity index (χ1n) is 9.57. The number of rotatable bonds is 4. The van der Waals surface area contributed by atoms with Crippen molar-refractivity contribution in [2.75, 3.05) is 0 Å². The van der Waals surface area contributed by atoms with E-state index in [1.54, 1.807) is 12.1 Å². The first kappa shape index (κ1) is 20.8. The minimum atomic E-state index is -0.335. The van der Waals surface area contributed by atoms with Crippen LogP contribution in [-0.2, 0) is 0 Å². The number of hydrogen-bond acceptors (Lipinski definition) is 3. The van der Waals surface area contributed by atoms with Crippen LogP contribution in [0.1, 0.15) is 56.6 Å². The predicted octanol–water partition coefficient (Wildman–Crippen LogP) is 5.78. The molecule has 0 aliphatic rings. The molecule has 0 saturated carbocycles. The smallest absolute Gasteiger partial charge is 0.251 e. The Morgan fingerprint density at radius 3 is 2.38 bits per heavy atom. The number of aromatic nitrogens is 2. The van der Waals surface area contributed by atoms with E-state index >= 15 is 0 Å². The zero-order valence-electron chi connectivity index (χ0n) is 17.4. The quantitative estimate of drug-likeness (QED) is 0.599. The van der Waals surface area contributed by atoms with Crippen molar-refractivity contribution < 1.29 is 4.79 Å². The Balaban J connectivity index is 2.15. The average Bonchev–Trinajstić information content (AvgIpc) is 3.16. The molecule has 0 aliphatic carbocycles. The SMILES string of the molecule is CC(C)n1pccc1-c1cc(C(=O)NC(C)(C)C)cc(-c2ccc(C#N)cc2)n1. The van der Waals surface area contributed by atoms with E-state index in [4.69, 9.17) is 10.2 Å². The molecule has 5 nitrogen and oxygen atoms in total. The van der Waals surface area contributed by atoms with Crippen molar-refractivity contribution in [2.45, 2.75) is 46.2 Å². The van der Waals surface area contributed by atoms with Crippen molar-refractivity contribution in [1.29, 1.82) is 5.26 Å². The van der Waals surface area contributed by atoms with Gasteiger partial charge in [0.05, 0.1) is 28.7 Å². The van der Waals surface area contributed by atoms with Crippen LogP contribution in [0.15, 0.2) is 48.3 Å². The van der Waals surface area contributed by atoms with Crippen LogP contribution < -0.4 is 5.32 Å². The van der Waals surface area contributed by atoms with Gasteiger partial charge in [-0.25, -0.2) is 4.98 Å². The zero-order chi connectivity index (χ0) is 21.2. The lowest BCUT2D eigenvalue weighted by molar-refractivity contribution is 0.0919. The standard InChI is InChI=1S/C23H25N4OP/c1-15(2)27-21(10-11-29-27)20-13-18(22(28)26-23(3,4)5)12-19(25-20)17-8-6-16(14-24)7-9-17/h6-13,15H,1-5H3,(H,26,28). The summed E-state index contributed by atoms with van der Waals surface area (Å²) in [6.07, 6.45) is 0. The minimum absolute atomic E-state index is 0.132. The number of carbonyl (C=O) groups excluding carboxylic acids is 1. The second-order valence-corrected chi connectivity index (χ2v) is 9.23. The van der Waals surface area contributed by atoms with Crippen molar-refractivity contribution in [3.05, 3.63) is 59.4 Å². The average molecular weight is 404 g/mol. The fourth-order valence-corrected chi connectivity index (χ4v) is 3.91. The molecule has 1 aromatic carbocycles. The maximum Gasteiger partial charge on any atom is 0.251 e. The van der Waals surface area contributed by atoms with Crippen LogP contribution in [0.2, 0.25) is 0 Å². The summed E-state index contributed by atoms with van der Waals surface area (Å²) in [5.41, 5.74) is 4.16. The molecule has 3 aromatic rings. The van der Waals surface area contributed by atoms with E-state index in [-0.39, 0.29) is 11.4 Å². The molecule has 0 aliphatic heterocycles. The molecule has 0 fully saturated rings. The van der Waals surface area contributed by atoms with Crippen LogP contribution in [-0.4, -0.2) is 20.8 Å². The third-order valence-electron chi connectivity index (χ3n) is 4.31. The molecular weight excluding hydrogens is 379 g/mol. The Labute approximate surface area is 173 Å². The number of hydrogen-bond donors (Lipinski definition) is 1. The predicted molar refractivity (Wildman–Crippen MR) is 118 cm³/mol. The molecule has 3 rings (SSSR count). The molecule has 29 heavy (non-hydrogen) atoms. The molecule has 0 bridgehead atoms. The molecule has 0 saturated heterocycles. The number of benzene rings is 1. The van der Waals surface area contributed by atoms with Gasteiger partial charge in [0.2, 0.25) is 0 Å². The summed E-state index contributed by atoms with van der Waals surface area (Å²) in [7, 11) is 1.10. The highest BCUT2D eigenvalue weighted by Gasteiger charge is 2.19. The van der Waals surface area contributed by atoms with Gasteiger partial charge in [-0.3, -0.25) is 4.79 Å². The van der Waals surface area contributed by atoms with Crippen LogP contribution in [0, 0.1) is 11.3 Å². The van der Waals surface area contributed by atoms with E-state index in [1.807, 2.05) is 45.0 Å². The highest BCUT2D eigenvalue weighted by Crippen LogP contribution is 2.30. The fraction of sp³-hybridized carbons (Fsp3) is 0.304. The van der Waals surface area contributed by atoms with Gasteiger partial charge in [0.15, 0.2) is 0 Å². The number of amides is 1. The van der Waals surface area contributed by atoms with E-state index in [1.165, 1.54) is 0 Å². The van der Waals surface area contributed by atoms with Gasteiger partial charge in [-0.15, -0.1) is 0 Å². The minimum Gasteiger partial charge on any atom is -0.347 e. The van der Waals surface area contributed by atoms with Crippen molar-refractivity contribution in [1.82, 2.24) is 14.6 Å². The number of carbonyl (C=O) groups is 1. The summed E-state index contributed by atoms with van der Waals surface area (Å²) in [5.74, 6) is 1.95. The van der Waals surface area contributed by atoms with Gasteiger partial charge in [0, 0.05) is 31.1 Å². The lowest BCUT2D eigenvalue weighted by atomic mass is 10.0. The molecule has 148 valence electrons. The number of nitrogens with one attached hydrogen (secondary N) is 1. The van der Waals surface area contributed by atoms with Gasteiger partial charge in [0.1, 0.15) is 0 Å². The molecule has 6 heteroatoms. The van der Waals surface area contributed by atoms with Crippen molar-refractivity contribution in [2.24, 2.45) is 0 Å². The lowest BCUT2D eigenvalue weighted by Gasteiger charge is -2.21. The Morgan fingerprint density at radius 1 is 1.14 bits per heavy atom. The normalized spacial score (nSPS) is 11.6. The number of nitrogens with zero attached hydrogens (tertiary/aromatic N) is 3. The molecular formula is C23H25N4OP. The second-order valence-electron chi connectivity index (χ2n) is 8.27. The monoisotopic (exact) mass is 404 g/mol. The molecule has 0 atom stereocenters. The largest absolute Gasteiger partial charge is 0.347 e. The maximum absolute atomic E-state index is 12.9. The van der Waals surface area contributed by atoms with Crippen LogP contribution in [0.3, 0.4) is 0 Å². The highest BCUT2D eigenvalue weighted by molar-refractivity contribution is 7.25. The summed E-state index contributed by atoms with van der Waals surface area (Å²) >= 11 is 0. The van der Waals surface area contributed by atoms with Crippen LogP contribution in [0.25, 0.3) is 22.6 Å². The van der Waals surface area contributed by atoms with Crippen molar-refractivity contribution >= 4 is 14.3 Å². The fourth-order valence-electron chi connectivity index (χ4n) is 3.00. The van der Waals surface area contributed by atoms with Gasteiger partial charge in [-0.1, -0.05) is 12.1 Å². The summed E-state index contributed by atoms with van der Waals surface area (Å²) in [6, 6.07) is 15.4. The van der Waals surface area contributed by atoms with Crippen LogP contribution in [0.5, 0.6) is 0 Å². The molecule has 2 aromatic heterocycles. The van der Waals surface area contributed by atoms with E-state index in [2.05, 4.69) is 41.4 Å². The second kappa shape index (κ2) is 8.19. The lowest BCUT2D eigenvalue weighted by Crippen LogP contribution is -2.40. The summed E-state index contributed by atoms with van der Waals surface area (Å²) in [6.45, 7) is 10.2. The summed E-state index contributed by atoms with van der Waals surface area (Å²) in [5, 5.41) is 12.1. The third-order valence-corrected chi connectivity index (χ3v) is 5.52. The van der Waals surface area contributed by atoms with Gasteiger partial charge in [-0.05, 0) is 70.7 Å². The van der Waals surface area contributed by atoms with E-state index in [0.717, 1.165) is 25.3 Å². The van der Waals surface area contributed by atoms with Gasteiger partial charge < -0.3 is 9.65 Å². The Hall–Kier alpha value is -2.96. The molecule has 1 amide bonds. The van der Waals surface area contributed by atoms with Gasteiger partial charge >= 0.3 is 0 Å². The third kappa shape index (κ3) is 4.91. The van der Waals surface area contributed by atoms with Gasteiger partial charge in [-0.2, -0.15) is 5.26 Å². The molecule has 0 radical (unpaired) electrons. The molecule has 0 spiro atoms. The summed E-state index contributed by atoms with van der Waals surface area (Å²) in [4.78, 5) is 17.8. The number of nitriles is 1. The molecule has 0 unspecified atom stereocenters. The first-order chi connectivity index (χ1) is 13.7. The van der Waals surface area contributed by atoms with Gasteiger partial charge in [0.25, 0.3) is 5.91 Å². The Bertz CT molecular complexity index is 1070. The van der Waals surface area contributed by atoms with Crippen LogP contribution in [0.4, 0.5) is 0 Å². The van der Waals surface area contributed by atoms with E-state index in [0.29, 0.717) is 22.9 Å². The Kier molecular flexibility index (Phi) is 5.86. The molecule has 1 N–H and O–H groups in total. The number of pyridine rings is 1. The molecule has 2 heterocycles. The van der Waals surface area contributed by atoms with E-state index < -0.39 is 0 Å². The first-order valence-corrected chi connectivity index (χ1v) is 10.5. The Morgan fingerprint density at radius 2 is 1.79 bits per heavy atom. The van der Waals surface area contributed by atoms with Crippen molar-refractivity contribution in [3.8, 4) is 28.7 Å². The highest BCUT2D eigenvalue weighted by atomic mass is 31.0. The topological polar surface area (TPSA) is 70.7 Å².